The fourth-order valence-corrected chi connectivity index (χ4v) is 5.03. The highest BCUT2D eigenvalue weighted by Crippen LogP contribution is 2.43. The number of benzene rings is 1. The number of piperidine rings is 1. The minimum atomic E-state index is -0.222. The molecule has 156 valence electrons. The molecule has 2 N–H and O–H groups in total. The van der Waals surface area contributed by atoms with E-state index >= 15 is 0 Å². The molecule has 7 nitrogen and oxygen atoms in total. The summed E-state index contributed by atoms with van der Waals surface area (Å²) in [5.41, 5.74) is 3.56. The molecular formula is C23H22N6OS. The van der Waals surface area contributed by atoms with Crippen molar-refractivity contribution in [3.8, 4) is 0 Å². The molecule has 1 saturated heterocycles. The van der Waals surface area contributed by atoms with Crippen LogP contribution in [-0.2, 0) is 5.41 Å². The van der Waals surface area contributed by atoms with Gasteiger partial charge in [0.25, 0.3) is 5.91 Å². The lowest BCUT2D eigenvalue weighted by Crippen LogP contribution is -2.46. The number of anilines is 2. The number of carbonyl (C=O) groups is 1. The van der Waals surface area contributed by atoms with Crippen molar-refractivity contribution in [2.45, 2.75) is 18.3 Å². The van der Waals surface area contributed by atoms with Crippen molar-refractivity contribution in [2.24, 2.45) is 0 Å². The minimum Gasteiger partial charge on any atom is -0.337 e. The summed E-state index contributed by atoms with van der Waals surface area (Å²) in [4.78, 5) is 23.7. The highest BCUT2D eigenvalue weighted by Gasteiger charge is 2.41. The molecular weight excluding hydrogens is 408 g/mol. The van der Waals surface area contributed by atoms with E-state index in [4.69, 9.17) is 4.98 Å². The van der Waals surface area contributed by atoms with E-state index in [1.807, 2.05) is 23.1 Å². The van der Waals surface area contributed by atoms with Crippen LogP contribution in [0.2, 0.25) is 0 Å². The largest absolute Gasteiger partial charge is 0.337 e. The van der Waals surface area contributed by atoms with E-state index in [1.165, 1.54) is 5.56 Å². The highest BCUT2D eigenvalue weighted by molar-refractivity contribution is 7.13. The number of rotatable bonds is 5. The lowest BCUT2D eigenvalue weighted by Gasteiger charge is -2.41. The number of pyridine rings is 1. The third-order valence-electron chi connectivity index (χ3n) is 5.89. The predicted molar refractivity (Wildman–Crippen MR) is 121 cm³/mol. The Bertz CT molecular complexity index is 1140. The Hall–Kier alpha value is -3.52. The molecule has 3 aromatic heterocycles. The number of hydrogen-bond acceptors (Lipinski definition) is 6. The van der Waals surface area contributed by atoms with E-state index in [0.29, 0.717) is 18.8 Å². The second-order valence-electron chi connectivity index (χ2n) is 7.61. The molecule has 1 aliphatic rings. The number of carbonyl (C=O) groups excluding carboxylic acids is 1. The van der Waals surface area contributed by atoms with Crippen molar-refractivity contribution in [1.29, 1.82) is 0 Å². The van der Waals surface area contributed by atoms with Crippen LogP contribution >= 0.6 is 11.3 Å². The van der Waals surface area contributed by atoms with Gasteiger partial charge in [0.15, 0.2) is 5.13 Å². The maximum absolute atomic E-state index is 12.8. The Balaban J connectivity index is 1.42. The topological polar surface area (TPSA) is 86.8 Å². The number of nitrogens with zero attached hydrogens (tertiary/aromatic N) is 4. The lowest BCUT2D eigenvalue weighted by atomic mass is 9.70. The molecule has 0 atom stereocenters. The van der Waals surface area contributed by atoms with Gasteiger partial charge in [0.05, 0.1) is 5.69 Å². The summed E-state index contributed by atoms with van der Waals surface area (Å²) in [5.74, 6) is -0.00233. The van der Waals surface area contributed by atoms with Crippen molar-refractivity contribution in [2.75, 3.05) is 18.4 Å². The molecule has 4 aromatic rings. The maximum atomic E-state index is 12.8. The number of aromatic amines is 1. The van der Waals surface area contributed by atoms with Gasteiger partial charge in [-0.2, -0.15) is 5.10 Å². The molecule has 0 aliphatic carbocycles. The molecule has 31 heavy (non-hydrogen) atoms. The molecule has 4 heterocycles. The van der Waals surface area contributed by atoms with Gasteiger partial charge < -0.3 is 10.2 Å². The number of nitrogens with one attached hydrogen (secondary N) is 2. The average Bonchev–Trinajstić information content (AvgIpc) is 3.53. The first-order valence-corrected chi connectivity index (χ1v) is 11.1. The van der Waals surface area contributed by atoms with Gasteiger partial charge in [-0.05, 0) is 36.6 Å². The molecule has 0 spiro atoms. The smallest absolute Gasteiger partial charge is 0.271 e. The van der Waals surface area contributed by atoms with Crippen molar-refractivity contribution in [3.05, 3.63) is 89.5 Å². The summed E-state index contributed by atoms with van der Waals surface area (Å²) >= 11 is 1.60. The van der Waals surface area contributed by atoms with E-state index in [0.717, 1.165) is 29.4 Å². The highest BCUT2D eigenvalue weighted by atomic mass is 32.1. The van der Waals surface area contributed by atoms with Crippen LogP contribution in [0.4, 0.5) is 10.8 Å². The van der Waals surface area contributed by atoms with Crippen molar-refractivity contribution in [3.63, 3.8) is 0 Å². The van der Waals surface area contributed by atoms with Crippen LogP contribution in [-0.4, -0.2) is 44.1 Å². The first kappa shape index (κ1) is 19.4. The van der Waals surface area contributed by atoms with E-state index < -0.39 is 0 Å². The zero-order chi connectivity index (χ0) is 21.1. The van der Waals surface area contributed by atoms with Crippen LogP contribution in [0, 0.1) is 0 Å². The standard InChI is InChI=1S/C23H22N6OS/c30-21(19-8-13-25-28-19)29-14-9-23(10-15-29,17-4-2-1-3-5-17)20-16-31-22(27-20)26-18-6-11-24-12-7-18/h1-8,11-13,16H,9-10,14-15H2,(H,25,28)(H,24,26,27). The second kappa shape index (κ2) is 8.31. The summed E-state index contributed by atoms with van der Waals surface area (Å²) in [6.45, 7) is 1.33. The van der Waals surface area contributed by atoms with Crippen LogP contribution in [0.15, 0.2) is 72.5 Å². The number of aromatic nitrogens is 4. The number of H-pyrrole nitrogens is 1. The molecule has 1 aromatic carbocycles. The van der Waals surface area contributed by atoms with E-state index in [2.05, 4.69) is 50.1 Å². The molecule has 0 radical (unpaired) electrons. The summed E-state index contributed by atoms with van der Waals surface area (Å²) in [6.07, 6.45) is 6.76. The van der Waals surface area contributed by atoms with Gasteiger partial charge in [-0.25, -0.2) is 4.98 Å². The molecule has 1 amide bonds. The van der Waals surface area contributed by atoms with Crippen LogP contribution in [0.25, 0.3) is 0 Å². The molecule has 0 saturated carbocycles. The fraction of sp³-hybridized carbons (Fsp3) is 0.217. The molecule has 1 fully saturated rings. The Labute approximate surface area is 184 Å². The minimum absolute atomic E-state index is 0.00233. The lowest BCUT2D eigenvalue weighted by molar-refractivity contribution is 0.0678. The van der Waals surface area contributed by atoms with Gasteiger partial charge in [0.2, 0.25) is 0 Å². The quantitative estimate of drug-likeness (QED) is 0.495. The average molecular weight is 431 g/mol. The third kappa shape index (κ3) is 3.82. The monoisotopic (exact) mass is 430 g/mol. The first-order chi connectivity index (χ1) is 15.2. The Morgan fingerprint density at radius 1 is 1.03 bits per heavy atom. The van der Waals surface area contributed by atoms with Gasteiger partial charge in [0, 0.05) is 48.2 Å². The summed E-state index contributed by atoms with van der Waals surface area (Å²) in [7, 11) is 0. The Morgan fingerprint density at radius 3 is 2.52 bits per heavy atom. The van der Waals surface area contributed by atoms with Crippen LogP contribution in [0.1, 0.15) is 34.6 Å². The second-order valence-corrected chi connectivity index (χ2v) is 8.47. The fourth-order valence-electron chi connectivity index (χ4n) is 4.20. The predicted octanol–water partition coefficient (Wildman–Crippen LogP) is 4.23. The number of likely N-dealkylation sites (tertiary alicyclic amines) is 1. The number of thiazole rings is 1. The summed E-state index contributed by atoms with van der Waals surface area (Å²) in [6, 6.07) is 16.1. The normalized spacial score (nSPS) is 15.5. The zero-order valence-electron chi connectivity index (χ0n) is 16.9. The summed E-state index contributed by atoms with van der Waals surface area (Å²) < 4.78 is 0. The Morgan fingerprint density at radius 2 is 1.81 bits per heavy atom. The van der Waals surface area contributed by atoms with Gasteiger partial charge in [-0.1, -0.05) is 30.3 Å². The van der Waals surface area contributed by atoms with E-state index in [1.54, 1.807) is 36.0 Å². The van der Waals surface area contributed by atoms with Gasteiger partial charge >= 0.3 is 0 Å². The number of amides is 1. The molecule has 5 rings (SSSR count). The number of hydrogen-bond donors (Lipinski definition) is 2. The Kier molecular flexibility index (Phi) is 5.21. The molecule has 8 heteroatoms. The van der Waals surface area contributed by atoms with Gasteiger partial charge in [0.1, 0.15) is 5.69 Å². The maximum Gasteiger partial charge on any atom is 0.271 e. The van der Waals surface area contributed by atoms with E-state index in [9.17, 15) is 4.79 Å². The van der Waals surface area contributed by atoms with Gasteiger partial charge in [-0.15, -0.1) is 11.3 Å². The molecule has 0 bridgehead atoms. The van der Waals surface area contributed by atoms with Crippen molar-refractivity contribution < 1.29 is 4.79 Å². The zero-order valence-corrected chi connectivity index (χ0v) is 17.7. The van der Waals surface area contributed by atoms with Crippen LogP contribution in [0.5, 0.6) is 0 Å². The van der Waals surface area contributed by atoms with E-state index in [-0.39, 0.29) is 11.3 Å². The molecule has 1 aliphatic heterocycles. The summed E-state index contributed by atoms with van der Waals surface area (Å²) in [5, 5.41) is 13.1. The third-order valence-corrected chi connectivity index (χ3v) is 6.65. The van der Waals surface area contributed by atoms with Crippen molar-refractivity contribution in [1.82, 2.24) is 25.1 Å². The first-order valence-electron chi connectivity index (χ1n) is 10.2. The van der Waals surface area contributed by atoms with Gasteiger partial charge in [-0.3, -0.25) is 14.9 Å². The van der Waals surface area contributed by atoms with Crippen LogP contribution in [0.3, 0.4) is 0 Å². The molecule has 0 unspecified atom stereocenters. The van der Waals surface area contributed by atoms with Crippen molar-refractivity contribution >= 4 is 28.1 Å². The van der Waals surface area contributed by atoms with Crippen LogP contribution < -0.4 is 5.32 Å². The SMILES string of the molecule is O=C(c1ccn[nH]1)N1CCC(c2ccccc2)(c2csc(Nc3ccncc3)n2)CC1.